The van der Waals surface area contributed by atoms with Gasteiger partial charge in [0.1, 0.15) is 12.1 Å². The summed E-state index contributed by atoms with van der Waals surface area (Å²) in [6.07, 6.45) is 0. The molecule has 2 atom stereocenters. The minimum absolute atomic E-state index is 0.354. The highest BCUT2D eigenvalue weighted by molar-refractivity contribution is 5.88. The maximum absolute atomic E-state index is 11.6. The van der Waals surface area contributed by atoms with Gasteiger partial charge in [0.2, 0.25) is 5.91 Å². The zero-order chi connectivity index (χ0) is 14.5. The maximum Gasteiger partial charge on any atom is 0.326 e. The predicted octanol–water partition coefficient (Wildman–Crippen LogP) is -0.0806. The summed E-state index contributed by atoms with van der Waals surface area (Å²) >= 11 is 0. The number of carbonyl (C=O) groups is 3. The van der Waals surface area contributed by atoms with E-state index < -0.39 is 29.5 Å². The molecular formula is C11H21N3O4. The Morgan fingerprint density at radius 1 is 1.11 bits per heavy atom. The second kappa shape index (κ2) is 6.23. The van der Waals surface area contributed by atoms with Gasteiger partial charge in [-0.15, -0.1) is 0 Å². The molecule has 0 heterocycles. The lowest BCUT2D eigenvalue weighted by Crippen LogP contribution is -2.55. The molecule has 18 heavy (non-hydrogen) atoms. The van der Waals surface area contributed by atoms with E-state index in [1.165, 1.54) is 14.0 Å². The number of carboxylic acid groups (broad SMARTS) is 1. The molecule has 0 saturated carbocycles. The molecule has 0 bridgehead atoms. The lowest BCUT2D eigenvalue weighted by Gasteiger charge is -2.28. The number of aliphatic carboxylic acids is 1. The minimum atomic E-state index is -1.12. The van der Waals surface area contributed by atoms with Crippen LogP contribution in [-0.2, 0) is 9.59 Å². The molecule has 0 aliphatic carbocycles. The van der Waals surface area contributed by atoms with E-state index in [4.69, 9.17) is 5.11 Å². The molecule has 0 radical (unpaired) electrons. The lowest BCUT2D eigenvalue weighted by molar-refractivity contribution is -0.141. The molecule has 0 fully saturated rings. The van der Waals surface area contributed by atoms with Gasteiger partial charge in [0.25, 0.3) is 0 Å². The number of likely N-dealkylation sites (N-methyl/N-ethyl adjacent to an activating group) is 1. The van der Waals surface area contributed by atoms with Crippen molar-refractivity contribution in [1.29, 1.82) is 0 Å². The third-order valence-corrected chi connectivity index (χ3v) is 2.38. The lowest BCUT2D eigenvalue weighted by atomic mass is 9.87. The van der Waals surface area contributed by atoms with Gasteiger partial charge in [-0.3, -0.25) is 4.79 Å². The van der Waals surface area contributed by atoms with E-state index in [0.29, 0.717) is 0 Å². The highest BCUT2D eigenvalue weighted by atomic mass is 16.4. The third kappa shape index (κ3) is 5.03. The van der Waals surface area contributed by atoms with Crippen molar-refractivity contribution in [2.45, 2.75) is 39.8 Å². The Hall–Kier alpha value is -1.79. The first-order chi connectivity index (χ1) is 8.09. The first-order valence-electron chi connectivity index (χ1n) is 5.61. The Kier molecular flexibility index (Phi) is 5.61. The van der Waals surface area contributed by atoms with Gasteiger partial charge in [-0.2, -0.15) is 0 Å². The van der Waals surface area contributed by atoms with Crippen LogP contribution in [0.3, 0.4) is 0 Å². The zero-order valence-corrected chi connectivity index (χ0v) is 11.3. The summed E-state index contributed by atoms with van der Waals surface area (Å²) in [6.45, 7) is 6.61. The minimum Gasteiger partial charge on any atom is -0.480 e. The summed E-state index contributed by atoms with van der Waals surface area (Å²) in [6, 6.07) is -2.45. The standard InChI is InChI=1S/C11H21N3O4/c1-6(8(15)12-5)13-10(18)14-7(9(16)17)11(2,3)4/h6-7H,1-5H3,(H,12,15)(H,16,17)(H2,13,14,18). The van der Waals surface area contributed by atoms with Crippen molar-refractivity contribution >= 4 is 17.9 Å². The van der Waals surface area contributed by atoms with E-state index in [1.807, 2.05) is 0 Å². The van der Waals surface area contributed by atoms with Crippen molar-refractivity contribution in [2.24, 2.45) is 5.41 Å². The van der Waals surface area contributed by atoms with Gasteiger partial charge in [-0.1, -0.05) is 20.8 Å². The second-order valence-electron chi connectivity index (χ2n) is 5.09. The fraction of sp³-hybridized carbons (Fsp3) is 0.727. The maximum atomic E-state index is 11.6. The summed E-state index contributed by atoms with van der Waals surface area (Å²) < 4.78 is 0. The third-order valence-electron chi connectivity index (χ3n) is 2.38. The second-order valence-corrected chi connectivity index (χ2v) is 5.09. The van der Waals surface area contributed by atoms with E-state index >= 15 is 0 Å². The van der Waals surface area contributed by atoms with Gasteiger partial charge in [0.15, 0.2) is 0 Å². The van der Waals surface area contributed by atoms with Crippen LogP contribution in [0.4, 0.5) is 4.79 Å². The van der Waals surface area contributed by atoms with Crippen molar-refractivity contribution in [3.8, 4) is 0 Å². The molecule has 0 aliphatic rings. The van der Waals surface area contributed by atoms with Gasteiger partial charge in [0, 0.05) is 7.05 Å². The topological polar surface area (TPSA) is 108 Å². The molecule has 0 spiro atoms. The number of urea groups is 1. The SMILES string of the molecule is CNC(=O)C(C)NC(=O)NC(C(=O)O)C(C)(C)C. The van der Waals surface area contributed by atoms with Crippen LogP contribution in [0.25, 0.3) is 0 Å². The van der Waals surface area contributed by atoms with Gasteiger partial charge < -0.3 is 21.1 Å². The summed E-state index contributed by atoms with van der Waals surface area (Å²) in [5, 5.41) is 16.1. The van der Waals surface area contributed by atoms with E-state index in [9.17, 15) is 14.4 Å². The van der Waals surface area contributed by atoms with E-state index in [1.54, 1.807) is 20.8 Å². The number of carboxylic acids is 1. The number of nitrogens with one attached hydrogen (secondary N) is 3. The molecule has 7 nitrogen and oxygen atoms in total. The number of hydrogen-bond acceptors (Lipinski definition) is 3. The van der Waals surface area contributed by atoms with Gasteiger partial charge in [0.05, 0.1) is 0 Å². The number of hydrogen-bond donors (Lipinski definition) is 4. The van der Waals surface area contributed by atoms with Crippen molar-refractivity contribution in [2.75, 3.05) is 7.05 Å². The smallest absolute Gasteiger partial charge is 0.326 e. The molecular weight excluding hydrogens is 238 g/mol. The first-order valence-corrected chi connectivity index (χ1v) is 5.61. The molecule has 0 aromatic rings. The Bertz CT molecular complexity index is 336. The molecule has 0 aromatic carbocycles. The predicted molar refractivity (Wildman–Crippen MR) is 66.1 cm³/mol. The average molecular weight is 259 g/mol. The van der Waals surface area contributed by atoms with Crippen molar-refractivity contribution in [3.63, 3.8) is 0 Å². The number of rotatable bonds is 4. The summed E-state index contributed by atoms with van der Waals surface area (Å²) in [7, 11) is 1.45. The fourth-order valence-corrected chi connectivity index (χ4v) is 1.30. The highest BCUT2D eigenvalue weighted by Gasteiger charge is 2.33. The summed E-state index contributed by atoms with van der Waals surface area (Å²) in [5.41, 5.74) is -0.626. The Morgan fingerprint density at radius 3 is 1.94 bits per heavy atom. The fourth-order valence-electron chi connectivity index (χ4n) is 1.30. The molecule has 2 unspecified atom stereocenters. The van der Waals surface area contributed by atoms with Crippen molar-refractivity contribution in [3.05, 3.63) is 0 Å². The van der Waals surface area contributed by atoms with Crippen LogP contribution in [0, 0.1) is 5.41 Å². The normalized spacial score (nSPS) is 14.3. The van der Waals surface area contributed by atoms with Gasteiger partial charge in [-0.25, -0.2) is 9.59 Å². The van der Waals surface area contributed by atoms with Crippen LogP contribution in [-0.4, -0.2) is 42.1 Å². The van der Waals surface area contributed by atoms with Crippen molar-refractivity contribution < 1.29 is 19.5 Å². The molecule has 0 aromatic heterocycles. The van der Waals surface area contributed by atoms with Crippen LogP contribution in [0.15, 0.2) is 0 Å². The number of carbonyl (C=O) groups excluding carboxylic acids is 2. The van der Waals surface area contributed by atoms with Crippen LogP contribution in [0.5, 0.6) is 0 Å². The van der Waals surface area contributed by atoms with Crippen LogP contribution < -0.4 is 16.0 Å². The number of amides is 3. The van der Waals surface area contributed by atoms with Crippen LogP contribution >= 0.6 is 0 Å². The molecule has 7 heteroatoms. The molecule has 0 saturated heterocycles. The summed E-state index contributed by atoms with van der Waals surface area (Å²) in [4.78, 5) is 33.8. The molecule has 0 aliphatic heterocycles. The van der Waals surface area contributed by atoms with Crippen LogP contribution in [0.1, 0.15) is 27.7 Å². The summed E-state index contributed by atoms with van der Waals surface area (Å²) in [5.74, 6) is -1.47. The van der Waals surface area contributed by atoms with Gasteiger partial charge in [-0.05, 0) is 12.3 Å². The Labute approximate surface area is 106 Å². The molecule has 0 rings (SSSR count). The zero-order valence-electron chi connectivity index (χ0n) is 11.3. The van der Waals surface area contributed by atoms with E-state index in [2.05, 4.69) is 16.0 Å². The average Bonchev–Trinajstić information content (AvgIpc) is 2.22. The van der Waals surface area contributed by atoms with E-state index in [0.717, 1.165) is 0 Å². The largest absolute Gasteiger partial charge is 0.480 e. The monoisotopic (exact) mass is 259 g/mol. The quantitative estimate of drug-likeness (QED) is 0.566. The highest BCUT2D eigenvalue weighted by Crippen LogP contribution is 2.19. The Balaban J connectivity index is 4.54. The molecule has 4 N–H and O–H groups in total. The van der Waals surface area contributed by atoms with E-state index in [-0.39, 0.29) is 5.91 Å². The van der Waals surface area contributed by atoms with Crippen LogP contribution in [0.2, 0.25) is 0 Å². The Morgan fingerprint density at radius 2 is 1.61 bits per heavy atom. The van der Waals surface area contributed by atoms with Gasteiger partial charge >= 0.3 is 12.0 Å². The molecule has 104 valence electrons. The molecule has 3 amide bonds. The van der Waals surface area contributed by atoms with Crippen molar-refractivity contribution in [1.82, 2.24) is 16.0 Å². The first kappa shape index (κ1) is 16.2.